The molecule has 0 rings (SSSR count). The van der Waals surface area contributed by atoms with E-state index in [4.69, 9.17) is 5.11 Å². The van der Waals surface area contributed by atoms with Crippen LogP contribution in [-0.4, -0.2) is 39.2 Å². The molecule has 0 bridgehead atoms. The first-order valence-corrected chi connectivity index (χ1v) is 5.15. The van der Waals surface area contributed by atoms with Gasteiger partial charge in [0.1, 0.15) is 5.75 Å². The molecule has 0 spiro atoms. The van der Waals surface area contributed by atoms with E-state index in [9.17, 15) is 13.8 Å². The van der Waals surface area contributed by atoms with Gasteiger partial charge in [-0.25, -0.2) is 0 Å². The Kier molecular flexibility index (Phi) is 5.29. The van der Waals surface area contributed by atoms with Crippen molar-refractivity contribution in [3.05, 3.63) is 0 Å². The fourth-order valence-electron chi connectivity index (χ4n) is 0.682. The number of carboxylic acids is 1. The van der Waals surface area contributed by atoms with Crippen molar-refractivity contribution in [1.82, 2.24) is 5.32 Å². The lowest BCUT2D eigenvalue weighted by atomic mass is 10.3. The highest BCUT2D eigenvalue weighted by Crippen LogP contribution is 2.01. The number of amides is 1. The number of aliphatic carboxylic acids is 1. The Morgan fingerprint density at radius 2 is 2.08 bits per heavy atom. The van der Waals surface area contributed by atoms with Crippen LogP contribution < -0.4 is 5.32 Å². The Morgan fingerprint density at radius 3 is 2.46 bits per heavy atom. The minimum Gasteiger partial charge on any atom is -0.481 e. The van der Waals surface area contributed by atoms with Crippen LogP contribution in [0.2, 0.25) is 0 Å². The molecule has 0 aliphatic heterocycles. The molecule has 1 amide bonds. The van der Waals surface area contributed by atoms with E-state index in [0.717, 1.165) is 0 Å². The van der Waals surface area contributed by atoms with E-state index in [2.05, 4.69) is 5.32 Å². The predicted molar refractivity (Wildman–Crippen MR) is 48.8 cm³/mol. The maximum absolute atomic E-state index is 11.2. The van der Waals surface area contributed by atoms with Crippen molar-refractivity contribution in [2.75, 3.05) is 12.8 Å². The SMILES string of the molecule is CNC(=O)CS(=O)C(C)CC(=O)O. The van der Waals surface area contributed by atoms with Gasteiger partial charge < -0.3 is 10.4 Å². The lowest BCUT2D eigenvalue weighted by Crippen LogP contribution is -2.28. The molecule has 2 N–H and O–H groups in total. The molecule has 2 unspecified atom stereocenters. The molecule has 5 nitrogen and oxygen atoms in total. The van der Waals surface area contributed by atoms with E-state index in [-0.39, 0.29) is 18.1 Å². The van der Waals surface area contributed by atoms with Crippen molar-refractivity contribution in [2.24, 2.45) is 0 Å². The standard InChI is InChI=1S/C7H13NO4S/c1-5(3-7(10)11)13(12)4-6(9)8-2/h5H,3-4H2,1-2H3,(H,8,9)(H,10,11). The van der Waals surface area contributed by atoms with Crippen molar-refractivity contribution in [2.45, 2.75) is 18.6 Å². The number of hydrogen-bond donors (Lipinski definition) is 2. The Hall–Kier alpha value is -0.910. The minimum absolute atomic E-state index is 0.134. The highest BCUT2D eigenvalue weighted by atomic mass is 32.2. The first-order chi connectivity index (χ1) is 5.97. The van der Waals surface area contributed by atoms with Crippen LogP contribution >= 0.6 is 0 Å². The molecule has 0 heterocycles. The molecule has 0 aromatic rings. The second kappa shape index (κ2) is 5.69. The number of carboxylic acid groups (broad SMARTS) is 1. The first kappa shape index (κ1) is 12.1. The molecule has 2 atom stereocenters. The summed E-state index contributed by atoms with van der Waals surface area (Å²) in [7, 11) is 0.0376. The van der Waals surface area contributed by atoms with Gasteiger partial charge in [0.05, 0.1) is 6.42 Å². The quantitative estimate of drug-likeness (QED) is 0.627. The number of rotatable bonds is 5. The molecule has 0 aliphatic carbocycles. The molecule has 0 saturated heterocycles. The first-order valence-electron chi connectivity index (χ1n) is 3.77. The number of carbonyl (C=O) groups is 2. The molecule has 0 aromatic carbocycles. The van der Waals surface area contributed by atoms with Crippen molar-refractivity contribution < 1.29 is 18.9 Å². The van der Waals surface area contributed by atoms with Gasteiger partial charge in [0.2, 0.25) is 5.91 Å². The summed E-state index contributed by atoms with van der Waals surface area (Å²) in [4.78, 5) is 21.0. The van der Waals surface area contributed by atoms with Crippen molar-refractivity contribution >= 4 is 22.7 Å². The predicted octanol–water partition coefficient (Wildman–Crippen LogP) is -0.656. The average Bonchev–Trinajstić information content (AvgIpc) is 2.02. The van der Waals surface area contributed by atoms with Crippen LogP contribution in [0.25, 0.3) is 0 Å². The van der Waals surface area contributed by atoms with Crippen LogP contribution in [0.15, 0.2) is 0 Å². The van der Waals surface area contributed by atoms with Crippen LogP contribution in [0.3, 0.4) is 0 Å². The van der Waals surface area contributed by atoms with Gasteiger partial charge in [0.15, 0.2) is 0 Å². The molecule has 0 aromatic heterocycles. The summed E-state index contributed by atoms with van der Waals surface area (Å²) in [6.45, 7) is 1.55. The molecule has 0 aliphatic rings. The molecule has 13 heavy (non-hydrogen) atoms. The summed E-state index contributed by atoms with van der Waals surface area (Å²) < 4.78 is 11.2. The van der Waals surface area contributed by atoms with E-state index >= 15 is 0 Å². The second-order valence-corrected chi connectivity index (χ2v) is 4.46. The maximum Gasteiger partial charge on any atom is 0.304 e. The summed E-state index contributed by atoms with van der Waals surface area (Å²) >= 11 is 0. The van der Waals surface area contributed by atoms with Gasteiger partial charge >= 0.3 is 5.97 Å². The topological polar surface area (TPSA) is 83.5 Å². The number of hydrogen-bond acceptors (Lipinski definition) is 3. The fourth-order valence-corrected chi connectivity index (χ4v) is 1.70. The smallest absolute Gasteiger partial charge is 0.304 e. The Bertz CT molecular complexity index is 229. The minimum atomic E-state index is -1.41. The third kappa shape index (κ3) is 5.35. The average molecular weight is 207 g/mol. The van der Waals surface area contributed by atoms with Crippen molar-refractivity contribution in [3.63, 3.8) is 0 Å². The summed E-state index contributed by atoms with van der Waals surface area (Å²) in [5, 5.41) is 10.2. The summed E-state index contributed by atoms with van der Waals surface area (Å²) in [5.74, 6) is -1.47. The number of carbonyl (C=O) groups excluding carboxylic acids is 1. The maximum atomic E-state index is 11.2. The Labute approximate surface area is 79.0 Å². The van der Waals surface area contributed by atoms with Gasteiger partial charge in [-0.1, -0.05) is 6.92 Å². The number of nitrogens with one attached hydrogen (secondary N) is 1. The molecule has 0 fully saturated rings. The highest BCUT2D eigenvalue weighted by molar-refractivity contribution is 7.86. The van der Waals surface area contributed by atoms with E-state index in [0.29, 0.717) is 0 Å². The molecular formula is C7H13NO4S. The van der Waals surface area contributed by atoms with Crippen LogP contribution in [0, 0.1) is 0 Å². The Balaban J connectivity index is 3.96. The van der Waals surface area contributed by atoms with Gasteiger partial charge in [-0.2, -0.15) is 0 Å². The lowest BCUT2D eigenvalue weighted by molar-refractivity contribution is -0.137. The normalized spacial score (nSPS) is 14.6. The highest BCUT2D eigenvalue weighted by Gasteiger charge is 2.16. The summed E-state index contributed by atoms with van der Waals surface area (Å²) in [5.41, 5.74) is 0. The van der Waals surface area contributed by atoms with E-state index < -0.39 is 22.0 Å². The second-order valence-electron chi connectivity index (χ2n) is 2.61. The summed E-state index contributed by atoms with van der Waals surface area (Å²) in [6, 6.07) is 0. The largest absolute Gasteiger partial charge is 0.481 e. The van der Waals surface area contributed by atoms with E-state index in [1.54, 1.807) is 6.92 Å². The lowest BCUT2D eigenvalue weighted by Gasteiger charge is -2.07. The molecule has 6 heteroatoms. The van der Waals surface area contributed by atoms with Gasteiger partial charge in [-0.3, -0.25) is 13.8 Å². The Morgan fingerprint density at radius 1 is 1.54 bits per heavy atom. The van der Waals surface area contributed by atoms with Gasteiger partial charge in [-0.15, -0.1) is 0 Å². The van der Waals surface area contributed by atoms with E-state index in [1.165, 1.54) is 7.05 Å². The van der Waals surface area contributed by atoms with Crippen molar-refractivity contribution in [3.8, 4) is 0 Å². The van der Waals surface area contributed by atoms with Gasteiger partial charge in [0, 0.05) is 23.1 Å². The van der Waals surface area contributed by atoms with Crippen LogP contribution in [0.4, 0.5) is 0 Å². The monoisotopic (exact) mass is 207 g/mol. The molecule has 0 radical (unpaired) electrons. The molecule has 0 saturated carbocycles. The third-order valence-electron chi connectivity index (χ3n) is 1.46. The van der Waals surface area contributed by atoms with Gasteiger partial charge in [-0.05, 0) is 0 Å². The third-order valence-corrected chi connectivity index (χ3v) is 3.07. The van der Waals surface area contributed by atoms with Crippen molar-refractivity contribution in [1.29, 1.82) is 0 Å². The zero-order valence-corrected chi connectivity index (χ0v) is 8.39. The van der Waals surface area contributed by atoms with Gasteiger partial charge in [0.25, 0.3) is 0 Å². The van der Waals surface area contributed by atoms with Crippen LogP contribution in [0.1, 0.15) is 13.3 Å². The zero-order valence-electron chi connectivity index (χ0n) is 7.57. The molecular weight excluding hydrogens is 194 g/mol. The van der Waals surface area contributed by atoms with Crippen LogP contribution in [-0.2, 0) is 20.4 Å². The van der Waals surface area contributed by atoms with E-state index in [1.807, 2.05) is 0 Å². The summed E-state index contributed by atoms with van der Waals surface area (Å²) in [6.07, 6.45) is -0.177. The molecule has 76 valence electrons. The van der Waals surface area contributed by atoms with Crippen LogP contribution in [0.5, 0.6) is 0 Å². The zero-order chi connectivity index (χ0) is 10.4. The fraction of sp³-hybridized carbons (Fsp3) is 0.714.